The van der Waals surface area contributed by atoms with Gasteiger partial charge in [-0.3, -0.25) is 0 Å². The van der Waals surface area contributed by atoms with Crippen LogP contribution >= 0.6 is 0 Å². The van der Waals surface area contributed by atoms with Crippen LogP contribution in [0.1, 0.15) is 44.3 Å². The summed E-state index contributed by atoms with van der Waals surface area (Å²) < 4.78 is 10.9. The minimum atomic E-state index is -0.274. The monoisotopic (exact) mass is 349 g/mol. The van der Waals surface area contributed by atoms with E-state index in [0.29, 0.717) is 24.4 Å². The van der Waals surface area contributed by atoms with Crippen LogP contribution in [0.5, 0.6) is 0 Å². The lowest BCUT2D eigenvalue weighted by Gasteiger charge is -2.30. The third kappa shape index (κ3) is 3.58. The molecule has 1 spiro atoms. The largest absolute Gasteiger partial charge is 0.441 e. The third-order valence-electron chi connectivity index (χ3n) is 5.80. The molecule has 3 aliphatic heterocycles. The molecule has 0 radical (unpaired) electrons. The number of anilines is 1. The molecule has 0 saturated carbocycles. The number of carbonyl (C=O) groups is 1. The van der Waals surface area contributed by atoms with E-state index in [4.69, 9.17) is 9.26 Å². The van der Waals surface area contributed by atoms with Gasteiger partial charge < -0.3 is 24.4 Å². The normalized spacial score (nSPS) is 31.5. The van der Waals surface area contributed by atoms with E-state index < -0.39 is 0 Å². The summed E-state index contributed by atoms with van der Waals surface area (Å²) in [6.45, 7) is 6.52. The number of hydrogen-bond acceptors (Lipinski definition) is 7. The second-order valence-corrected chi connectivity index (χ2v) is 7.51. The lowest BCUT2D eigenvalue weighted by atomic mass is 9.95. The van der Waals surface area contributed by atoms with Crippen molar-refractivity contribution in [3.05, 3.63) is 5.82 Å². The van der Waals surface area contributed by atoms with E-state index in [0.717, 1.165) is 58.3 Å². The molecule has 3 saturated heterocycles. The van der Waals surface area contributed by atoms with Gasteiger partial charge >= 0.3 is 12.1 Å². The van der Waals surface area contributed by atoms with Gasteiger partial charge in [-0.1, -0.05) is 5.16 Å². The second-order valence-electron chi connectivity index (χ2n) is 7.51. The smallest absolute Gasteiger partial charge is 0.407 e. The standard InChI is InChI=1S/C17H27N5O3/c1-13-19-15(25-20-13)22-8-2-4-14(5-10-22)21-9-3-6-17(7-11-21)12-18-16(23)24-17/h14H,2-12H2,1H3,(H,18,23). The first-order chi connectivity index (χ1) is 12.1. The highest BCUT2D eigenvalue weighted by Gasteiger charge is 2.42. The highest BCUT2D eigenvalue weighted by Crippen LogP contribution is 2.31. The minimum Gasteiger partial charge on any atom is -0.441 e. The topological polar surface area (TPSA) is 83.7 Å². The molecule has 0 bridgehead atoms. The van der Waals surface area contributed by atoms with Gasteiger partial charge in [-0.05, 0) is 45.6 Å². The Kier molecular flexibility index (Phi) is 4.54. The first-order valence-electron chi connectivity index (χ1n) is 9.40. The van der Waals surface area contributed by atoms with Crippen LogP contribution in [0.4, 0.5) is 10.8 Å². The number of amides is 1. The van der Waals surface area contributed by atoms with Crippen molar-refractivity contribution in [3.8, 4) is 0 Å². The van der Waals surface area contributed by atoms with Gasteiger partial charge in [-0.2, -0.15) is 4.98 Å². The number of alkyl carbamates (subject to hydrolysis) is 1. The molecule has 0 aliphatic carbocycles. The molecule has 8 heteroatoms. The molecule has 3 aliphatic rings. The number of aromatic nitrogens is 2. The maximum Gasteiger partial charge on any atom is 0.407 e. The van der Waals surface area contributed by atoms with Crippen LogP contribution in [0.15, 0.2) is 4.52 Å². The molecule has 3 fully saturated rings. The van der Waals surface area contributed by atoms with Crippen LogP contribution in [0.3, 0.4) is 0 Å². The summed E-state index contributed by atoms with van der Waals surface area (Å²) in [5.41, 5.74) is -0.274. The predicted molar refractivity (Wildman–Crippen MR) is 91.5 cm³/mol. The van der Waals surface area contributed by atoms with E-state index in [9.17, 15) is 4.79 Å². The van der Waals surface area contributed by atoms with Crippen LogP contribution < -0.4 is 10.2 Å². The molecule has 4 heterocycles. The molecule has 1 amide bonds. The lowest BCUT2D eigenvalue weighted by Crippen LogP contribution is -2.39. The molecule has 8 nitrogen and oxygen atoms in total. The number of nitrogens with zero attached hydrogens (tertiary/aromatic N) is 4. The van der Waals surface area contributed by atoms with E-state index in [1.807, 2.05) is 6.92 Å². The molecule has 1 N–H and O–H groups in total. The van der Waals surface area contributed by atoms with Crippen molar-refractivity contribution in [2.75, 3.05) is 37.6 Å². The van der Waals surface area contributed by atoms with E-state index in [1.165, 1.54) is 6.42 Å². The summed E-state index contributed by atoms with van der Waals surface area (Å²) >= 11 is 0. The molecule has 2 unspecified atom stereocenters. The molecule has 2 atom stereocenters. The molecular weight excluding hydrogens is 322 g/mol. The first-order valence-corrected chi connectivity index (χ1v) is 9.40. The van der Waals surface area contributed by atoms with Crippen molar-refractivity contribution in [2.45, 2.75) is 57.1 Å². The number of carbonyl (C=O) groups excluding carboxylic acids is 1. The average molecular weight is 349 g/mol. The minimum absolute atomic E-state index is 0.256. The van der Waals surface area contributed by atoms with Crippen LogP contribution in [0.2, 0.25) is 0 Å². The van der Waals surface area contributed by atoms with Crippen molar-refractivity contribution < 1.29 is 14.1 Å². The van der Waals surface area contributed by atoms with E-state index in [1.54, 1.807) is 0 Å². The Labute approximate surface area is 147 Å². The Hall–Kier alpha value is -1.83. The maximum atomic E-state index is 11.5. The number of aryl methyl sites for hydroxylation is 1. The highest BCUT2D eigenvalue weighted by atomic mass is 16.6. The van der Waals surface area contributed by atoms with Gasteiger partial charge in [-0.25, -0.2) is 4.79 Å². The third-order valence-corrected chi connectivity index (χ3v) is 5.80. The Morgan fingerprint density at radius 3 is 2.84 bits per heavy atom. The van der Waals surface area contributed by atoms with Crippen LogP contribution in [0.25, 0.3) is 0 Å². The number of likely N-dealkylation sites (tertiary alicyclic amines) is 1. The fourth-order valence-electron chi connectivity index (χ4n) is 4.38. The van der Waals surface area contributed by atoms with Gasteiger partial charge in [0.2, 0.25) is 0 Å². The summed E-state index contributed by atoms with van der Waals surface area (Å²) in [7, 11) is 0. The molecule has 1 aromatic rings. The van der Waals surface area contributed by atoms with E-state index in [-0.39, 0.29) is 11.7 Å². The first kappa shape index (κ1) is 16.6. The zero-order valence-corrected chi connectivity index (χ0v) is 14.9. The lowest BCUT2D eigenvalue weighted by molar-refractivity contribution is 0.0429. The van der Waals surface area contributed by atoms with Gasteiger partial charge in [-0.15, -0.1) is 0 Å². The van der Waals surface area contributed by atoms with Crippen LogP contribution in [0, 0.1) is 6.92 Å². The van der Waals surface area contributed by atoms with Gasteiger partial charge in [0, 0.05) is 32.1 Å². The Bertz CT molecular complexity index is 621. The summed E-state index contributed by atoms with van der Waals surface area (Å²) in [4.78, 5) is 20.6. The highest BCUT2D eigenvalue weighted by molar-refractivity contribution is 5.70. The molecule has 4 rings (SSSR count). The quantitative estimate of drug-likeness (QED) is 0.870. The zero-order valence-electron chi connectivity index (χ0n) is 14.9. The van der Waals surface area contributed by atoms with Crippen molar-refractivity contribution in [2.24, 2.45) is 0 Å². The number of rotatable bonds is 2. The summed E-state index contributed by atoms with van der Waals surface area (Å²) in [6, 6.07) is 1.23. The summed E-state index contributed by atoms with van der Waals surface area (Å²) in [5.74, 6) is 0.688. The Balaban J connectivity index is 1.35. The maximum absolute atomic E-state index is 11.5. The second kappa shape index (κ2) is 6.82. The van der Waals surface area contributed by atoms with Crippen LogP contribution in [-0.2, 0) is 4.74 Å². The number of nitrogens with one attached hydrogen (secondary N) is 1. The molecule has 25 heavy (non-hydrogen) atoms. The SMILES string of the molecule is Cc1noc(N2CCCC(N3CCCC4(CC3)CNC(=O)O4)CC2)n1. The van der Waals surface area contributed by atoms with Gasteiger partial charge in [0.25, 0.3) is 0 Å². The fourth-order valence-corrected chi connectivity index (χ4v) is 4.38. The molecular formula is C17H27N5O3. The summed E-state index contributed by atoms with van der Waals surface area (Å²) in [6.07, 6.45) is 6.13. The summed E-state index contributed by atoms with van der Waals surface area (Å²) in [5, 5.41) is 6.73. The van der Waals surface area contributed by atoms with E-state index in [2.05, 4.69) is 25.3 Å². The van der Waals surface area contributed by atoms with Crippen molar-refractivity contribution in [3.63, 3.8) is 0 Å². The number of ether oxygens (including phenoxy) is 1. The zero-order chi connectivity index (χ0) is 17.3. The van der Waals surface area contributed by atoms with Crippen molar-refractivity contribution >= 4 is 12.1 Å². The van der Waals surface area contributed by atoms with Crippen molar-refractivity contribution in [1.82, 2.24) is 20.4 Å². The van der Waals surface area contributed by atoms with Crippen LogP contribution in [-0.4, -0.2) is 65.5 Å². The molecule has 1 aromatic heterocycles. The van der Waals surface area contributed by atoms with Gasteiger partial charge in [0.1, 0.15) is 5.60 Å². The average Bonchev–Trinajstić information content (AvgIpc) is 3.01. The predicted octanol–water partition coefficient (Wildman–Crippen LogP) is 1.70. The fraction of sp³-hybridized carbons (Fsp3) is 0.824. The van der Waals surface area contributed by atoms with Crippen molar-refractivity contribution in [1.29, 1.82) is 0 Å². The number of hydrogen-bond donors (Lipinski definition) is 1. The molecule has 0 aromatic carbocycles. The Morgan fingerprint density at radius 2 is 2.08 bits per heavy atom. The Morgan fingerprint density at radius 1 is 1.16 bits per heavy atom. The van der Waals surface area contributed by atoms with E-state index >= 15 is 0 Å². The molecule has 138 valence electrons. The van der Waals surface area contributed by atoms with Gasteiger partial charge in [0.15, 0.2) is 5.82 Å². The van der Waals surface area contributed by atoms with Gasteiger partial charge in [0.05, 0.1) is 6.54 Å².